The Morgan fingerprint density at radius 1 is 0.882 bits per heavy atom. The van der Waals surface area contributed by atoms with Gasteiger partial charge in [0, 0.05) is 0 Å². The van der Waals surface area contributed by atoms with Gasteiger partial charge in [-0.2, -0.15) is 0 Å². The average molecular weight is 236 g/mol. The molecule has 4 nitrogen and oxygen atoms in total. The van der Waals surface area contributed by atoms with Crippen LogP contribution in [0, 0.1) is 5.41 Å². The molecule has 0 saturated carbocycles. The molecular weight excluding hydrogens is 220 g/mol. The fourth-order valence-electron chi connectivity index (χ4n) is 1.46. The fourth-order valence-corrected chi connectivity index (χ4v) is 1.46. The van der Waals surface area contributed by atoms with Gasteiger partial charge in [-0.05, 0) is 13.8 Å². The molecule has 0 radical (unpaired) electrons. The molecule has 0 fully saturated rings. The molecule has 0 aromatic heterocycles. The summed E-state index contributed by atoms with van der Waals surface area (Å²) in [6, 6.07) is 0. The summed E-state index contributed by atoms with van der Waals surface area (Å²) in [6.07, 6.45) is 9.71. The number of carbonyl (C=O) groups is 2. The quantitative estimate of drug-likeness (QED) is 0.551. The van der Waals surface area contributed by atoms with Gasteiger partial charge in [-0.15, -0.1) is 0 Å². The second-order valence-corrected chi connectivity index (χ2v) is 3.41. The third-order valence-electron chi connectivity index (χ3n) is 2.28. The zero-order valence-electron chi connectivity index (χ0n) is 10.0. The Morgan fingerprint density at radius 3 is 1.65 bits per heavy atom. The summed E-state index contributed by atoms with van der Waals surface area (Å²) < 4.78 is 9.88. The van der Waals surface area contributed by atoms with E-state index in [9.17, 15) is 9.59 Å². The van der Waals surface area contributed by atoms with Gasteiger partial charge in [0.1, 0.15) is 0 Å². The van der Waals surface area contributed by atoms with Crippen molar-refractivity contribution in [2.24, 2.45) is 5.41 Å². The van der Waals surface area contributed by atoms with Crippen LogP contribution in [0.5, 0.6) is 0 Å². The zero-order valence-corrected chi connectivity index (χ0v) is 10.0. The third-order valence-corrected chi connectivity index (χ3v) is 2.28. The summed E-state index contributed by atoms with van der Waals surface area (Å²) in [5.74, 6) is -1.23. The summed E-state index contributed by atoms with van der Waals surface area (Å²) in [7, 11) is 0. The number of esters is 2. The molecule has 0 bridgehead atoms. The van der Waals surface area contributed by atoms with Gasteiger partial charge in [-0.1, -0.05) is 36.5 Å². The van der Waals surface area contributed by atoms with Crippen molar-refractivity contribution >= 4 is 11.9 Å². The minimum atomic E-state index is -1.46. The van der Waals surface area contributed by atoms with Crippen molar-refractivity contribution in [2.45, 2.75) is 13.8 Å². The molecule has 1 aliphatic carbocycles. The molecule has 1 aliphatic rings. The van der Waals surface area contributed by atoms with E-state index in [2.05, 4.69) is 0 Å². The van der Waals surface area contributed by atoms with Gasteiger partial charge in [-0.3, -0.25) is 9.59 Å². The van der Waals surface area contributed by atoms with Crippen molar-refractivity contribution in [2.75, 3.05) is 13.2 Å². The lowest BCUT2D eigenvalue weighted by atomic mass is 9.87. The first-order valence-corrected chi connectivity index (χ1v) is 5.55. The summed E-state index contributed by atoms with van der Waals surface area (Å²) in [5.41, 5.74) is -1.46. The summed E-state index contributed by atoms with van der Waals surface area (Å²) in [5, 5.41) is 0. The molecule has 0 unspecified atom stereocenters. The highest BCUT2D eigenvalue weighted by Crippen LogP contribution is 2.27. The fraction of sp³-hybridized carbons (Fsp3) is 0.385. The van der Waals surface area contributed by atoms with Crippen LogP contribution in [0.4, 0.5) is 0 Å². The Kier molecular flexibility index (Phi) is 4.69. The van der Waals surface area contributed by atoms with Crippen molar-refractivity contribution in [3.63, 3.8) is 0 Å². The Morgan fingerprint density at radius 2 is 1.29 bits per heavy atom. The maximum Gasteiger partial charge on any atom is 0.331 e. The number of carbonyl (C=O) groups excluding carboxylic acids is 2. The van der Waals surface area contributed by atoms with Gasteiger partial charge >= 0.3 is 11.9 Å². The molecule has 4 heteroatoms. The minimum Gasteiger partial charge on any atom is -0.465 e. The van der Waals surface area contributed by atoms with E-state index in [1.54, 1.807) is 38.2 Å². The Hall–Kier alpha value is -1.84. The number of ether oxygens (including phenoxy) is 2. The van der Waals surface area contributed by atoms with Crippen LogP contribution in [0.1, 0.15) is 13.8 Å². The van der Waals surface area contributed by atoms with Crippen molar-refractivity contribution in [1.82, 2.24) is 0 Å². The summed E-state index contributed by atoms with van der Waals surface area (Å²) in [6.45, 7) is 3.82. The third kappa shape index (κ3) is 2.84. The van der Waals surface area contributed by atoms with E-state index in [4.69, 9.17) is 9.47 Å². The van der Waals surface area contributed by atoms with Crippen LogP contribution < -0.4 is 0 Å². The van der Waals surface area contributed by atoms with Gasteiger partial charge < -0.3 is 9.47 Å². The minimum absolute atomic E-state index is 0.217. The molecule has 92 valence electrons. The van der Waals surface area contributed by atoms with Gasteiger partial charge in [0.15, 0.2) is 0 Å². The molecular formula is C13H16O4. The molecule has 1 rings (SSSR count). The highest BCUT2D eigenvalue weighted by molar-refractivity contribution is 6.04. The molecule has 0 aromatic carbocycles. The SMILES string of the molecule is CCOC(=O)C1(C(=O)OCC)C=CC=CC=C1. The van der Waals surface area contributed by atoms with E-state index >= 15 is 0 Å². The van der Waals surface area contributed by atoms with Gasteiger partial charge in [-0.25, -0.2) is 0 Å². The lowest BCUT2D eigenvalue weighted by molar-refractivity contribution is -0.164. The predicted molar refractivity (Wildman–Crippen MR) is 63.1 cm³/mol. The monoisotopic (exact) mass is 236 g/mol. The maximum absolute atomic E-state index is 11.9. The number of hydrogen-bond donors (Lipinski definition) is 0. The lowest BCUT2D eigenvalue weighted by Crippen LogP contribution is -2.38. The molecule has 0 atom stereocenters. The van der Waals surface area contributed by atoms with Crippen molar-refractivity contribution in [1.29, 1.82) is 0 Å². The van der Waals surface area contributed by atoms with E-state index in [1.807, 2.05) is 0 Å². The molecule has 0 heterocycles. The first kappa shape index (κ1) is 13.2. The zero-order chi connectivity index (χ0) is 12.7. The Bertz CT molecular complexity index is 341. The van der Waals surface area contributed by atoms with E-state index in [0.717, 1.165) is 0 Å². The van der Waals surface area contributed by atoms with E-state index in [1.165, 1.54) is 12.2 Å². The molecule has 0 saturated heterocycles. The van der Waals surface area contributed by atoms with Gasteiger partial charge in [0.2, 0.25) is 5.41 Å². The van der Waals surface area contributed by atoms with Crippen LogP contribution in [0.25, 0.3) is 0 Å². The molecule has 0 N–H and O–H groups in total. The average Bonchev–Trinajstić information content (AvgIpc) is 2.56. The smallest absolute Gasteiger partial charge is 0.331 e. The van der Waals surface area contributed by atoms with Crippen molar-refractivity contribution in [3.8, 4) is 0 Å². The largest absolute Gasteiger partial charge is 0.465 e. The lowest BCUT2D eigenvalue weighted by Gasteiger charge is -2.22. The van der Waals surface area contributed by atoms with Crippen LogP contribution in [-0.4, -0.2) is 25.2 Å². The van der Waals surface area contributed by atoms with E-state index in [-0.39, 0.29) is 13.2 Å². The highest BCUT2D eigenvalue weighted by Gasteiger charge is 2.44. The second kappa shape index (κ2) is 6.03. The van der Waals surface area contributed by atoms with E-state index < -0.39 is 17.4 Å². The predicted octanol–water partition coefficient (Wildman–Crippen LogP) is 1.78. The molecule has 0 spiro atoms. The van der Waals surface area contributed by atoms with E-state index in [0.29, 0.717) is 0 Å². The molecule has 0 aromatic rings. The molecule has 0 amide bonds. The standard InChI is InChI=1S/C13H16O4/c1-3-16-11(14)13(12(15)17-4-2)9-7-5-6-8-10-13/h5-10H,3-4H2,1-2H3. The Labute approximate surface area is 101 Å². The van der Waals surface area contributed by atoms with Gasteiger partial charge in [0.05, 0.1) is 13.2 Å². The van der Waals surface area contributed by atoms with Crippen LogP contribution in [0.15, 0.2) is 36.5 Å². The topological polar surface area (TPSA) is 52.6 Å². The van der Waals surface area contributed by atoms with Crippen LogP contribution in [0.3, 0.4) is 0 Å². The normalized spacial score (nSPS) is 16.4. The van der Waals surface area contributed by atoms with Crippen LogP contribution >= 0.6 is 0 Å². The van der Waals surface area contributed by atoms with Gasteiger partial charge in [0.25, 0.3) is 0 Å². The summed E-state index contributed by atoms with van der Waals surface area (Å²) in [4.78, 5) is 23.9. The summed E-state index contributed by atoms with van der Waals surface area (Å²) >= 11 is 0. The first-order chi connectivity index (χ1) is 8.17. The number of allylic oxidation sites excluding steroid dienone is 4. The first-order valence-electron chi connectivity index (χ1n) is 5.55. The molecule has 0 aliphatic heterocycles. The maximum atomic E-state index is 11.9. The second-order valence-electron chi connectivity index (χ2n) is 3.41. The highest BCUT2D eigenvalue weighted by atomic mass is 16.6. The Balaban J connectivity index is 3.08. The molecule has 17 heavy (non-hydrogen) atoms. The van der Waals surface area contributed by atoms with Crippen LogP contribution in [0.2, 0.25) is 0 Å². The number of rotatable bonds is 4. The van der Waals surface area contributed by atoms with Crippen molar-refractivity contribution in [3.05, 3.63) is 36.5 Å². The van der Waals surface area contributed by atoms with Crippen molar-refractivity contribution < 1.29 is 19.1 Å². The number of hydrogen-bond acceptors (Lipinski definition) is 4. The van der Waals surface area contributed by atoms with Crippen LogP contribution in [-0.2, 0) is 19.1 Å².